The molecule has 13 heteroatoms. The summed E-state index contributed by atoms with van der Waals surface area (Å²) in [5.41, 5.74) is 1.32. The van der Waals surface area contributed by atoms with Gasteiger partial charge >= 0.3 is 12.2 Å². The van der Waals surface area contributed by atoms with Gasteiger partial charge in [0.1, 0.15) is 17.0 Å². The Hall–Kier alpha value is -4.38. The number of aromatic nitrogens is 4. The van der Waals surface area contributed by atoms with E-state index in [0.29, 0.717) is 44.1 Å². The van der Waals surface area contributed by atoms with E-state index < -0.39 is 17.8 Å². The Bertz CT molecular complexity index is 1590. The number of hydrogen-bond acceptors (Lipinski definition) is 6. The van der Waals surface area contributed by atoms with Gasteiger partial charge in [0.05, 0.1) is 18.4 Å². The zero-order valence-corrected chi connectivity index (χ0v) is 22.3. The molecule has 1 saturated heterocycles. The lowest BCUT2D eigenvalue weighted by Crippen LogP contribution is -2.46. The van der Waals surface area contributed by atoms with Crippen molar-refractivity contribution >= 4 is 23.2 Å². The summed E-state index contributed by atoms with van der Waals surface area (Å²) in [5, 5.41) is 18.3. The van der Waals surface area contributed by atoms with Crippen molar-refractivity contribution in [3.63, 3.8) is 0 Å². The third-order valence-corrected chi connectivity index (χ3v) is 6.81. The molecular weight excluding hydrogens is 537 g/mol. The fourth-order valence-corrected chi connectivity index (χ4v) is 4.69. The van der Waals surface area contributed by atoms with Gasteiger partial charge in [-0.1, -0.05) is 12.1 Å². The molecule has 3 N–H and O–H groups in total. The number of hydrogen-bond donors (Lipinski definition) is 3. The molecule has 0 bridgehead atoms. The first-order valence-electron chi connectivity index (χ1n) is 13.0. The summed E-state index contributed by atoms with van der Waals surface area (Å²) in [6, 6.07) is 10.3. The average Bonchev–Trinajstić information content (AvgIpc) is 3.51. The van der Waals surface area contributed by atoms with Crippen LogP contribution in [0.5, 0.6) is 0 Å². The van der Waals surface area contributed by atoms with Crippen molar-refractivity contribution in [2.75, 3.05) is 50.0 Å². The van der Waals surface area contributed by atoms with Gasteiger partial charge in [-0.15, -0.1) is 0 Å². The van der Waals surface area contributed by atoms with Crippen LogP contribution in [0, 0.1) is 11.8 Å². The van der Waals surface area contributed by atoms with Crippen LogP contribution in [-0.4, -0.2) is 79.4 Å². The summed E-state index contributed by atoms with van der Waals surface area (Å²) in [6.07, 6.45) is -1.08. The van der Waals surface area contributed by atoms with Crippen LogP contribution in [0.3, 0.4) is 0 Å². The number of carbonyl (C=O) groups is 1. The molecule has 1 fully saturated rings. The number of piperazine rings is 1. The van der Waals surface area contributed by atoms with E-state index in [-0.39, 0.29) is 30.2 Å². The Morgan fingerprint density at radius 3 is 2.54 bits per heavy atom. The Morgan fingerprint density at radius 2 is 1.78 bits per heavy atom. The molecule has 0 radical (unpaired) electrons. The van der Waals surface area contributed by atoms with E-state index >= 15 is 0 Å². The number of amides is 2. The molecule has 4 aromatic rings. The fraction of sp³-hybridized carbons (Fsp3) is 0.321. The SMILES string of the molecule is Cn1nc(NC(=O)Nc2ccc(CN3CCN(CCO)CC3)c(C(F)(F)F)c2)cc1C#Cc1cnc2ccccn12. The number of aryl methyl sites for hydroxylation is 1. The number of pyridine rings is 1. The smallest absolute Gasteiger partial charge is 0.395 e. The zero-order valence-electron chi connectivity index (χ0n) is 22.3. The van der Waals surface area contributed by atoms with Crippen LogP contribution < -0.4 is 10.6 Å². The minimum Gasteiger partial charge on any atom is -0.395 e. The van der Waals surface area contributed by atoms with Crippen molar-refractivity contribution in [1.29, 1.82) is 0 Å². The largest absolute Gasteiger partial charge is 0.416 e. The van der Waals surface area contributed by atoms with E-state index in [9.17, 15) is 18.0 Å². The van der Waals surface area contributed by atoms with Crippen LogP contribution in [0.2, 0.25) is 0 Å². The lowest BCUT2D eigenvalue weighted by atomic mass is 10.0. The molecule has 0 spiro atoms. The van der Waals surface area contributed by atoms with Crippen LogP contribution in [-0.2, 0) is 19.8 Å². The number of β-amino-alcohol motifs (C(OH)–C–C–N with tert-alkyl or cyclic N) is 1. The molecule has 0 unspecified atom stereocenters. The van der Waals surface area contributed by atoms with Crippen molar-refractivity contribution in [1.82, 2.24) is 29.0 Å². The van der Waals surface area contributed by atoms with Gasteiger partial charge in [0.15, 0.2) is 5.82 Å². The number of nitrogens with one attached hydrogen (secondary N) is 2. The van der Waals surface area contributed by atoms with Gasteiger partial charge in [-0.3, -0.25) is 24.2 Å². The maximum atomic E-state index is 13.9. The van der Waals surface area contributed by atoms with E-state index in [1.165, 1.54) is 16.8 Å². The van der Waals surface area contributed by atoms with Crippen LogP contribution in [0.25, 0.3) is 5.65 Å². The standard InChI is InChI=1S/C28H29F3N8O2/c1-36-22(7-8-23-18-32-26-4-2-3-9-39(23)26)17-25(35-36)34-27(41)33-21-6-5-20(24(16-21)28(29,30)31)19-38-12-10-37(11-13-38)14-15-40/h2-6,9,16-18,40H,10-15,19H2,1H3,(H2,33,34,35,41). The van der Waals surface area contributed by atoms with E-state index in [2.05, 4.69) is 37.5 Å². The number of aliphatic hydroxyl groups is 1. The Labute approximate surface area is 234 Å². The van der Waals surface area contributed by atoms with Crippen molar-refractivity contribution < 1.29 is 23.1 Å². The minimum atomic E-state index is -4.59. The van der Waals surface area contributed by atoms with Crippen molar-refractivity contribution in [3.05, 3.63) is 77.4 Å². The molecule has 0 atom stereocenters. The highest BCUT2D eigenvalue weighted by Gasteiger charge is 2.34. The molecule has 3 aromatic heterocycles. The first kappa shape index (κ1) is 28.2. The molecule has 4 heterocycles. The zero-order chi connectivity index (χ0) is 29.0. The molecule has 0 aliphatic carbocycles. The predicted octanol–water partition coefficient (Wildman–Crippen LogP) is 3.24. The third kappa shape index (κ3) is 6.86. The molecule has 41 heavy (non-hydrogen) atoms. The van der Waals surface area contributed by atoms with Crippen molar-refractivity contribution in [3.8, 4) is 11.8 Å². The highest BCUT2D eigenvalue weighted by Crippen LogP contribution is 2.34. The summed E-state index contributed by atoms with van der Waals surface area (Å²) in [6.45, 7) is 3.33. The normalized spacial score (nSPS) is 14.6. The number of imidazole rings is 1. The number of benzene rings is 1. The number of anilines is 2. The molecule has 10 nitrogen and oxygen atoms in total. The number of fused-ring (bicyclic) bond motifs is 1. The average molecular weight is 567 g/mol. The van der Waals surface area contributed by atoms with E-state index in [0.717, 1.165) is 11.7 Å². The van der Waals surface area contributed by atoms with Gasteiger partial charge in [0.2, 0.25) is 0 Å². The lowest BCUT2D eigenvalue weighted by Gasteiger charge is -2.34. The summed E-state index contributed by atoms with van der Waals surface area (Å²) in [7, 11) is 1.67. The molecule has 2 amide bonds. The number of alkyl halides is 3. The van der Waals surface area contributed by atoms with Gasteiger partial charge in [0.25, 0.3) is 0 Å². The van der Waals surface area contributed by atoms with Crippen LogP contribution in [0.4, 0.5) is 29.5 Å². The van der Waals surface area contributed by atoms with Crippen molar-refractivity contribution in [2.45, 2.75) is 12.7 Å². The first-order valence-corrected chi connectivity index (χ1v) is 13.0. The second-order valence-electron chi connectivity index (χ2n) is 9.65. The molecule has 214 valence electrons. The molecule has 1 aromatic carbocycles. The van der Waals surface area contributed by atoms with E-state index in [1.807, 2.05) is 33.7 Å². The number of urea groups is 1. The predicted molar refractivity (Wildman–Crippen MR) is 147 cm³/mol. The lowest BCUT2D eigenvalue weighted by molar-refractivity contribution is -0.138. The fourth-order valence-electron chi connectivity index (χ4n) is 4.69. The second-order valence-corrected chi connectivity index (χ2v) is 9.65. The van der Waals surface area contributed by atoms with Gasteiger partial charge in [-0.2, -0.15) is 18.3 Å². The summed E-state index contributed by atoms with van der Waals surface area (Å²) >= 11 is 0. The van der Waals surface area contributed by atoms with E-state index in [4.69, 9.17) is 5.11 Å². The number of halogens is 3. The number of carbonyl (C=O) groups excluding carboxylic acids is 1. The second kappa shape index (κ2) is 12.0. The summed E-state index contributed by atoms with van der Waals surface area (Å²) < 4.78 is 45.1. The summed E-state index contributed by atoms with van der Waals surface area (Å²) in [4.78, 5) is 20.9. The molecule has 5 rings (SSSR count). The highest BCUT2D eigenvalue weighted by molar-refractivity contribution is 5.99. The van der Waals surface area contributed by atoms with Crippen molar-refractivity contribution in [2.24, 2.45) is 7.05 Å². The van der Waals surface area contributed by atoms with Crippen LogP contribution >= 0.6 is 0 Å². The number of aliphatic hydroxyl groups excluding tert-OH is 1. The minimum absolute atomic E-state index is 0.00916. The Morgan fingerprint density at radius 1 is 1.02 bits per heavy atom. The quantitative estimate of drug-likeness (QED) is 0.310. The first-order chi connectivity index (χ1) is 19.7. The van der Waals surface area contributed by atoms with Gasteiger partial charge in [-0.05, 0) is 41.7 Å². The van der Waals surface area contributed by atoms with E-state index in [1.54, 1.807) is 19.3 Å². The topological polar surface area (TPSA) is 103 Å². The maximum Gasteiger partial charge on any atom is 0.416 e. The third-order valence-electron chi connectivity index (χ3n) is 6.81. The summed E-state index contributed by atoms with van der Waals surface area (Å²) in [5.74, 6) is 6.23. The van der Waals surface area contributed by atoms with Crippen LogP contribution in [0.1, 0.15) is 22.5 Å². The number of rotatable bonds is 6. The van der Waals surface area contributed by atoms with Gasteiger partial charge in [0, 0.05) is 64.3 Å². The monoisotopic (exact) mass is 566 g/mol. The maximum absolute atomic E-state index is 13.9. The van der Waals surface area contributed by atoms with Gasteiger partial charge < -0.3 is 10.4 Å². The van der Waals surface area contributed by atoms with Crippen LogP contribution in [0.15, 0.2) is 54.9 Å². The molecule has 1 aliphatic rings. The number of nitrogens with zero attached hydrogens (tertiary/aromatic N) is 6. The Balaban J connectivity index is 1.24. The molecule has 0 saturated carbocycles. The Kier molecular flexibility index (Phi) is 8.25. The molecular formula is C28H29F3N8O2. The molecule has 1 aliphatic heterocycles. The highest BCUT2D eigenvalue weighted by atomic mass is 19.4. The van der Waals surface area contributed by atoms with Gasteiger partial charge in [-0.25, -0.2) is 9.78 Å².